The lowest BCUT2D eigenvalue weighted by Gasteiger charge is -2.46. The number of hydrogen-bond acceptors (Lipinski definition) is 9. The molecule has 1 saturated carbocycles. The minimum atomic E-state index is -2.78. The smallest absolute Gasteiger partial charge is 0.417 e. The number of nitrogens with one attached hydrogen (secondary N) is 2. The van der Waals surface area contributed by atoms with Crippen LogP contribution in [0.1, 0.15) is 38.2 Å². The van der Waals surface area contributed by atoms with E-state index in [2.05, 4.69) is 26.3 Å². The number of fused-ring (bicyclic) bond motifs is 2. The number of carbonyl (C=O) groups excluding carboxylic acids is 1. The van der Waals surface area contributed by atoms with Crippen LogP contribution in [0.15, 0.2) is 45.7 Å². The highest BCUT2D eigenvalue weighted by Crippen LogP contribution is 2.45. The molecule has 0 saturated heterocycles. The van der Waals surface area contributed by atoms with Gasteiger partial charge in [0.1, 0.15) is 29.1 Å². The number of aromatic amines is 1. The molecular formula is C28H24F3N7O4. The van der Waals surface area contributed by atoms with E-state index >= 15 is 0 Å². The summed E-state index contributed by atoms with van der Waals surface area (Å²) in [4.78, 5) is 39.8. The van der Waals surface area contributed by atoms with Gasteiger partial charge in [0.15, 0.2) is 17.2 Å². The number of alkyl halides is 2. The number of benzene rings is 2. The van der Waals surface area contributed by atoms with E-state index in [1.807, 2.05) is 0 Å². The molecule has 11 nitrogen and oxygen atoms in total. The van der Waals surface area contributed by atoms with Crippen LogP contribution >= 0.6 is 0 Å². The van der Waals surface area contributed by atoms with Gasteiger partial charge in [-0.3, -0.25) is 14.7 Å². The second-order valence-corrected chi connectivity index (χ2v) is 10.2. The second kappa shape index (κ2) is 10.1. The molecule has 216 valence electrons. The number of amides is 1. The summed E-state index contributed by atoms with van der Waals surface area (Å²) in [5.74, 6) is -4.00. The zero-order valence-electron chi connectivity index (χ0n) is 22.5. The van der Waals surface area contributed by atoms with Crippen molar-refractivity contribution in [1.82, 2.24) is 15.0 Å². The van der Waals surface area contributed by atoms with Crippen molar-refractivity contribution in [2.45, 2.75) is 50.6 Å². The van der Waals surface area contributed by atoms with Crippen molar-refractivity contribution in [3.05, 3.63) is 58.5 Å². The van der Waals surface area contributed by atoms with E-state index in [9.17, 15) is 28.0 Å². The first-order chi connectivity index (χ1) is 20.1. The molecule has 2 N–H and O–H groups in total. The van der Waals surface area contributed by atoms with E-state index in [4.69, 9.17) is 9.15 Å². The first kappa shape index (κ1) is 27.1. The van der Waals surface area contributed by atoms with Crippen LogP contribution in [0.25, 0.3) is 11.1 Å². The predicted molar refractivity (Wildman–Crippen MR) is 146 cm³/mol. The molecule has 3 heterocycles. The highest BCUT2D eigenvalue weighted by Gasteiger charge is 2.45. The number of aromatic nitrogens is 3. The van der Waals surface area contributed by atoms with Crippen LogP contribution in [-0.4, -0.2) is 46.0 Å². The Morgan fingerprint density at radius 1 is 1.21 bits per heavy atom. The Kier molecular flexibility index (Phi) is 6.52. The van der Waals surface area contributed by atoms with Crippen molar-refractivity contribution in [2.24, 2.45) is 0 Å². The molecule has 2 aromatic heterocycles. The van der Waals surface area contributed by atoms with Crippen molar-refractivity contribution in [3.63, 3.8) is 0 Å². The molecule has 0 radical (unpaired) electrons. The summed E-state index contributed by atoms with van der Waals surface area (Å²) in [5.41, 5.74) is 0.965. The summed E-state index contributed by atoms with van der Waals surface area (Å²) in [6.07, 6.45) is 1.05. The van der Waals surface area contributed by atoms with Crippen molar-refractivity contribution in [3.8, 4) is 11.8 Å². The summed E-state index contributed by atoms with van der Waals surface area (Å²) in [7, 11) is 1.43. The van der Waals surface area contributed by atoms with Gasteiger partial charge in [0, 0.05) is 30.6 Å². The van der Waals surface area contributed by atoms with E-state index < -0.39 is 29.6 Å². The van der Waals surface area contributed by atoms with Gasteiger partial charge < -0.3 is 19.4 Å². The third-order valence-corrected chi connectivity index (χ3v) is 7.61. The molecule has 4 aromatic rings. The van der Waals surface area contributed by atoms with Gasteiger partial charge >= 0.3 is 5.76 Å². The fourth-order valence-electron chi connectivity index (χ4n) is 5.58. The normalized spacial score (nSPS) is 18.6. The van der Waals surface area contributed by atoms with Gasteiger partial charge in [0.05, 0.1) is 24.6 Å². The number of hydrogen-bond donors (Lipinski definition) is 2. The Morgan fingerprint density at radius 3 is 2.69 bits per heavy atom. The number of nitriles is 1. The van der Waals surface area contributed by atoms with Crippen LogP contribution in [-0.2, 0) is 4.79 Å². The van der Waals surface area contributed by atoms with Gasteiger partial charge in [0.2, 0.25) is 11.9 Å². The number of methoxy groups -OCH3 is 1. The van der Waals surface area contributed by atoms with Crippen LogP contribution < -0.4 is 25.6 Å². The van der Waals surface area contributed by atoms with E-state index in [0.717, 1.165) is 6.07 Å². The number of oxazole rings is 1. The van der Waals surface area contributed by atoms with Crippen LogP contribution in [0.5, 0.6) is 5.75 Å². The molecule has 1 fully saturated rings. The van der Waals surface area contributed by atoms with Crippen LogP contribution in [0.2, 0.25) is 0 Å². The van der Waals surface area contributed by atoms with Crippen molar-refractivity contribution in [2.75, 3.05) is 22.2 Å². The fraction of sp³-hybridized carbons (Fsp3) is 0.321. The van der Waals surface area contributed by atoms with Crippen LogP contribution in [0, 0.1) is 17.1 Å². The minimum Gasteiger partial charge on any atom is -0.495 e. The maximum absolute atomic E-state index is 14.6. The highest BCUT2D eigenvalue weighted by atomic mass is 19.3. The maximum Gasteiger partial charge on any atom is 0.417 e. The third-order valence-electron chi connectivity index (χ3n) is 7.61. The molecule has 0 spiro atoms. The standard InChI is InChI=1S/C28H24F3N7O4/c1-14-25(39)38(18-3-4-21(41-2)15(9-18)12-32)20-13-33-26(34-16-10-19(29)23-22(11-16)42-27(40)35-23)36-24(20)37(14)17-5-7-28(30,31)8-6-17/h3-4,9-11,13-14,17H,5-8H2,1-2H3,(H,35,40)(H,33,34,36)/t14-/m1/s1. The molecule has 0 unspecified atom stereocenters. The summed E-state index contributed by atoms with van der Waals surface area (Å²) in [6, 6.07) is 8.10. The molecule has 2 aliphatic rings. The number of H-pyrrole nitrogens is 1. The maximum atomic E-state index is 14.6. The number of rotatable bonds is 5. The molecule has 1 aliphatic heterocycles. The Morgan fingerprint density at radius 2 is 1.98 bits per heavy atom. The lowest BCUT2D eigenvalue weighted by atomic mass is 9.89. The minimum absolute atomic E-state index is 0.0107. The summed E-state index contributed by atoms with van der Waals surface area (Å²) < 4.78 is 52.9. The molecule has 14 heteroatoms. The number of carbonyl (C=O) groups is 1. The van der Waals surface area contributed by atoms with Crippen LogP contribution in [0.4, 0.5) is 42.0 Å². The zero-order chi connectivity index (χ0) is 29.8. The van der Waals surface area contributed by atoms with Gasteiger partial charge in [0.25, 0.3) is 5.91 Å². The highest BCUT2D eigenvalue weighted by molar-refractivity contribution is 6.10. The molecule has 6 rings (SSSR count). The van der Waals surface area contributed by atoms with Crippen LogP contribution in [0.3, 0.4) is 0 Å². The first-order valence-electron chi connectivity index (χ1n) is 13.1. The van der Waals surface area contributed by atoms with Gasteiger partial charge in [-0.05, 0) is 44.0 Å². The third kappa shape index (κ3) is 4.66. The molecular weight excluding hydrogens is 555 g/mol. The lowest BCUT2D eigenvalue weighted by Crippen LogP contribution is -2.56. The van der Waals surface area contributed by atoms with Crippen molar-refractivity contribution in [1.29, 1.82) is 5.26 Å². The average Bonchev–Trinajstić information content (AvgIpc) is 3.35. The largest absolute Gasteiger partial charge is 0.495 e. The van der Waals surface area contributed by atoms with E-state index in [0.29, 0.717) is 17.3 Å². The first-order valence-corrected chi connectivity index (χ1v) is 13.1. The topological polar surface area (TPSA) is 140 Å². The van der Waals surface area contributed by atoms with Gasteiger partial charge in [-0.25, -0.2) is 22.9 Å². The summed E-state index contributed by atoms with van der Waals surface area (Å²) in [6.45, 7) is 1.67. The lowest BCUT2D eigenvalue weighted by molar-refractivity contribution is -0.119. The number of halogens is 3. The number of nitrogens with zero attached hydrogens (tertiary/aromatic N) is 5. The van der Waals surface area contributed by atoms with Crippen molar-refractivity contribution < 1.29 is 27.1 Å². The predicted octanol–water partition coefficient (Wildman–Crippen LogP) is 5.13. The average molecular weight is 580 g/mol. The Hall–Kier alpha value is -5.06. The van der Waals surface area contributed by atoms with E-state index in [1.165, 1.54) is 30.3 Å². The van der Waals surface area contributed by atoms with Gasteiger partial charge in [-0.2, -0.15) is 10.2 Å². The molecule has 42 heavy (non-hydrogen) atoms. The summed E-state index contributed by atoms with van der Waals surface area (Å²) in [5, 5.41) is 12.5. The van der Waals surface area contributed by atoms with Crippen molar-refractivity contribution >= 4 is 45.8 Å². The monoisotopic (exact) mass is 579 g/mol. The van der Waals surface area contributed by atoms with E-state index in [-0.39, 0.29) is 65.6 Å². The zero-order valence-corrected chi connectivity index (χ0v) is 22.5. The Balaban J connectivity index is 1.44. The molecule has 1 aliphatic carbocycles. The van der Waals surface area contributed by atoms with E-state index in [1.54, 1.807) is 24.0 Å². The molecule has 0 bridgehead atoms. The Bertz CT molecular complexity index is 1810. The second-order valence-electron chi connectivity index (χ2n) is 10.2. The van der Waals surface area contributed by atoms with Gasteiger partial charge in [-0.1, -0.05) is 0 Å². The fourth-order valence-corrected chi connectivity index (χ4v) is 5.58. The molecule has 1 atom stereocenters. The SMILES string of the molecule is COc1ccc(N2C(=O)[C@@H](C)N(C3CCC(F)(F)CC3)c3nc(Nc4cc(F)c5[nH]c(=O)oc5c4)ncc32)cc1C#N. The van der Waals surface area contributed by atoms with Gasteiger partial charge in [-0.15, -0.1) is 0 Å². The molecule has 2 aromatic carbocycles. The summed E-state index contributed by atoms with van der Waals surface area (Å²) >= 11 is 0. The number of anilines is 5. The quantitative estimate of drug-likeness (QED) is 0.329. The molecule has 1 amide bonds. The number of ether oxygens (including phenoxy) is 1. The Labute approximate surface area is 236 Å².